The summed E-state index contributed by atoms with van der Waals surface area (Å²) in [6, 6.07) is 5.03. The second kappa shape index (κ2) is 6.22. The first-order chi connectivity index (χ1) is 10.2. The van der Waals surface area contributed by atoms with Crippen molar-refractivity contribution in [1.29, 1.82) is 0 Å². The van der Waals surface area contributed by atoms with Gasteiger partial charge in [0.25, 0.3) is 0 Å². The largest absolute Gasteiger partial charge is 0.494 e. The maximum absolute atomic E-state index is 13.3. The molecule has 1 atom stereocenters. The Labute approximate surface area is 125 Å². The fraction of sp³-hybridized carbons (Fsp3) is 0.647. The predicted octanol–water partition coefficient (Wildman–Crippen LogP) is 4.13. The summed E-state index contributed by atoms with van der Waals surface area (Å²) in [5.74, 6) is 0.298. The van der Waals surface area contributed by atoms with Crippen molar-refractivity contribution in [3.8, 4) is 5.75 Å². The molecule has 3 rings (SSSR count). The quantitative estimate of drug-likeness (QED) is 0.909. The summed E-state index contributed by atoms with van der Waals surface area (Å²) < 4.78 is 24.7. The molecule has 1 spiro atoms. The first-order valence-corrected chi connectivity index (χ1v) is 7.95. The molecule has 4 heteroatoms. The lowest BCUT2D eigenvalue weighted by molar-refractivity contribution is -0.103. The second-order valence-corrected chi connectivity index (χ2v) is 6.27. The molecule has 2 fully saturated rings. The highest BCUT2D eigenvalue weighted by Gasteiger charge is 2.38. The lowest BCUT2D eigenvalue weighted by atomic mass is 9.78. The van der Waals surface area contributed by atoms with Crippen molar-refractivity contribution in [2.75, 3.05) is 19.0 Å². The van der Waals surface area contributed by atoms with E-state index in [0.29, 0.717) is 11.8 Å². The van der Waals surface area contributed by atoms with Crippen LogP contribution in [0.5, 0.6) is 5.75 Å². The first kappa shape index (κ1) is 14.6. The van der Waals surface area contributed by atoms with Gasteiger partial charge in [-0.3, -0.25) is 0 Å². The predicted molar refractivity (Wildman–Crippen MR) is 81.4 cm³/mol. The summed E-state index contributed by atoms with van der Waals surface area (Å²) >= 11 is 0. The van der Waals surface area contributed by atoms with Crippen molar-refractivity contribution >= 4 is 5.69 Å². The van der Waals surface area contributed by atoms with Crippen LogP contribution in [0, 0.1) is 5.82 Å². The molecule has 0 amide bonds. The summed E-state index contributed by atoms with van der Waals surface area (Å²) in [4.78, 5) is 0. The summed E-state index contributed by atoms with van der Waals surface area (Å²) in [6.07, 6.45) is 8.24. The number of hydrogen-bond donors (Lipinski definition) is 1. The van der Waals surface area contributed by atoms with E-state index >= 15 is 0 Å². The van der Waals surface area contributed by atoms with Crippen LogP contribution in [-0.4, -0.2) is 25.4 Å². The van der Waals surface area contributed by atoms with Crippen LogP contribution in [-0.2, 0) is 4.74 Å². The van der Waals surface area contributed by atoms with Crippen molar-refractivity contribution in [2.24, 2.45) is 0 Å². The zero-order valence-electron chi connectivity index (χ0n) is 12.7. The van der Waals surface area contributed by atoms with Crippen LogP contribution in [0.2, 0.25) is 0 Å². The van der Waals surface area contributed by atoms with Crippen molar-refractivity contribution in [2.45, 2.75) is 56.6 Å². The van der Waals surface area contributed by atoms with E-state index in [1.165, 1.54) is 44.2 Å². The molecule has 1 aliphatic carbocycles. The molecule has 21 heavy (non-hydrogen) atoms. The van der Waals surface area contributed by atoms with Crippen molar-refractivity contribution < 1.29 is 13.9 Å². The van der Waals surface area contributed by atoms with Gasteiger partial charge in [-0.25, -0.2) is 4.39 Å². The molecule has 0 bridgehead atoms. The summed E-state index contributed by atoms with van der Waals surface area (Å²) in [5.41, 5.74) is 0.943. The Hall–Kier alpha value is -1.29. The van der Waals surface area contributed by atoms with Gasteiger partial charge >= 0.3 is 0 Å². The van der Waals surface area contributed by atoms with E-state index in [0.717, 1.165) is 25.1 Å². The minimum absolute atomic E-state index is 0.0709. The third-order valence-electron chi connectivity index (χ3n) is 4.78. The maximum Gasteiger partial charge on any atom is 0.144 e. The fourth-order valence-electron chi connectivity index (χ4n) is 3.70. The standard InChI is InChI=1S/C17H24FNO2/c1-20-16-11-13(18)5-6-15(16)19-14-7-10-21-17(12-14)8-3-2-4-9-17/h5-6,11,14,19H,2-4,7-10,12H2,1H3. The highest BCUT2D eigenvalue weighted by Crippen LogP contribution is 2.39. The molecule has 1 aromatic rings. The number of nitrogens with one attached hydrogen (secondary N) is 1. The zero-order chi connectivity index (χ0) is 14.7. The van der Waals surface area contributed by atoms with Gasteiger partial charge in [-0.1, -0.05) is 19.3 Å². The maximum atomic E-state index is 13.3. The van der Waals surface area contributed by atoms with Gasteiger partial charge in [-0.05, 0) is 37.8 Å². The highest BCUT2D eigenvalue weighted by atomic mass is 19.1. The average Bonchev–Trinajstić information content (AvgIpc) is 2.50. The fourth-order valence-corrected chi connectivity index (χ4v) is 3.70. The van der Waals surface area contributed by atoms with Crippen molar-refractivity contribution in [3.63, 3.8) is 0 Å². The minimum atomic E-state index is -0.270. The Morgan fingerprint density at radius 1 is 1.29 bits per heavy atom. The molecule has 3 nitrogen and oxygen atoms in total. The molecule has 1 heterocycles. The van der Waals surface area contributed by atoms with Gasteiger partial charge in [0.1, 0.15) is 11.6 Å². The van der Waals surface area contributed by atoms with E-state index in [1.807, 2.05) is 0 Å². The minimum Gasteiger partial charge on any atom is -0.494 e. The van der Waals surface area contributed by atoms with E-state index < -0.39 is 0 Å². The summed E-state index contributed by atoms with van der Waals surface area (Å²) in [7, 11) is 1.58. The Bertz CT molecular complexity index is 480. The third-order valence-corrected chi connectivity index (χ3v) is 4.78. The lowest BCUT2D eigenvalue weighted by Crippen LogP contribution is -2.45. The lowest BCUT2D eigenvalue weighted by Gasteiger charge is -2.44. The molecule has 0 radical (unpaired) electrons. The second-order valence-electron chi connectivity index (χ2n) is 6.27. The topological polar surface area (TPSA) is 30.5 Å². The van der Waals surface area contributed by atoms with Gasteiger partial charge < -0.3 is 14.8 Å². The van der Waals surface area contributed by atoms with E-state index in [-0.39, 0.29) is 11.4 Å². The van der Waals surface area contributed by atoms with Crippen LogP contribution < -0.4 is 10.1 Å². The smallest absolute Gasteiger partial charge is 0.144 e. The van der Waals surface area contributed by atoms with E-state index in [9.17, 15) is 4.39 Å². The molecule has 2 aliphatic rings. The summed E-state index contributed by atoms with van der Waals surface area (Å²) in [6.45, 7) is 0.807. The Balaban J connectivity index is 1.70. The third kappa shape index (κ3) is 3.31. The molecular formula is C17H24FNO2. The first-order valence-electron chi connectivity index (χ1n) is 7.95. The van der Waals surface area contributed by atoms with Crippen LogP contribution >= 0.6 is 0 Å². The van der Waals surface area contributed by atoms with Gasteiger partial charge in [0.2, 0.25) is 0 Å². The molecular weight excluding hydrogens is 269 g/mol. The highest BCUT2D eigenvalue weighted by molar-refractivity contribution is 5.57. The molecule has 0 aromatic heterocycles. The number of methoxy groups -OCH3 is 1. The number of anilines is 1. The molecule has 1 saturated carbocycles. The van der Waals surface area contributed by atoms with Gasteiger partial charge in [0.05, 0.1) is 18.4 Å². The Kier molecular flexibility index (Phi) is 4.34. The zero-order valence-corrected chi connectivity index (χ0v) is 12.7. The molecule has 116 valence electrons. The van der Waals surface area contributed by atoms with Gasteiger partial charge in [-0.2, -0.15) is 0 Å². The molecule has 1 aliphatic heterocycles. The van der Waals surface area contributed by atoms with Crippen molar-refractivity contribution in [3.05, 3.63) is 24.0 Å². The molecule has 1 saturated heterocycles. The number of rotatable bonds is 3. The van der Waals surface area contributed by atoms with Gasteiger partial charge in [-0.15, -0.1) is 0 Å². The SMILES string of the molecule is COc1cc(F)ccc1NC1CCOC2(CCCCC2)C1. The van der Waals surface area contributed by atoms with Gasteiger partial charge in [0.15, 0.2) is 0 Å². The van der Waals surface area contributed by atoms with E-state index in [4.69, 9.17) is 9.47 Å². The average molecular weight is 293 g/mol. The molecule has 1 unspecified atom stereocenters. The van der Waals surface area contributed by atoms with Crippen LogP contribution in [0.4, 0.5) is 10.1 Å². The van der Waals surface area contributed by atoms with Crippen LogP contribution in [0.15, 0.2) is 18.2 Å². The Morgan fingerprint density at radius 3 is 2.86 bits per heavy atom. The number of halogens is 1. The monoisotopic (exact) mass is 293 g/mol. The molecule has 1 N–H and O–H groups in total. The number of ether oxygens (including phenoxy) is 2. The molecule has 1 aromatic carbocycles. The van der Waals surface area contributed by atoms with Crippen LogP contribution in [0.1, 0.15) is 44.9 Å². The van der Waals surface area contributed by atoms with Crippen LogP contribution in [0.25, 0.3) is 0 Å². The van der Waals surface area contributed by atoms with Crippen molar-refractivity contribution in [1.82, 2.24) is 0 Å². The summed E-state index contributed by atoms with van der Waals surface area (Å²) in [5, 5.41) is 3.53. The number of hydrogen-bond acceptors (Lipinski definition) is 3. The Morgan fingerprint density at radius 2 is 2.10 bits per heavy atom. The number of benzene rings is 1. The van der Waals surface area contributed by atoms with E-state index in [1.54, 1.807) is 13.2 Å². The van der Waals surface area contributed by atoms with Gasteiger partial charge in [0, 0.05) is 18.7 Å². The normalized spacial score (nSPS) is 24.8. The van der Waals surface area contributed by atoms with E-state index in [2.05, 4.69) is 5.32 Å². The van der Waals surface area contributed by atoms with Crippen LogP contribution in [0.3, 0.4) is 0 Å².